The van der Waals surface area contributed by atoms with Crippen LogP contribution in [0.4, 0.5) is 0 Å². The van der Waals surface area contributed by atoms with Gasteiger partial charge in [-0.15, -0.1) is 5.10 Å². The zero-order valence-electron chi connectivity index (χ0n) is 11.2. The number of hydrogen-bond donors (Lipinski definition) is 0. The summed E-state index contributed by atoms with van der Waals surface area (Å²) in [5.41, 5.74) is 0. The van der Waals surface area contributed by atoms with Crippen molar-refractivity contribution < 1.29 is 4.79 Å². The summed E-state index contributed by atoms with van der Waals surface area (Å²) in [5.74, 6) is 0.868. The lowest BCUT2D eigenvalue weighted by Gasteiger charge is -2.29. The first-order valence-corrected chi connectivity index (χ1v) is 7.33. The van der Waals surface area contributed by atoms with Crippen molar-refractivity contribution in [3.05, 3.63) is 6.33 Å². The van der Waals surface area contributed by atoms with Crippen LogP contribution in [0.1, 0.15) is 44.9 Å². The monoisotopic (exact) mass is 263 g/mol. The molecule has 0 saturated heterocycles. The van der Waals surface area contributed by atoms with E-state index >= 15 is 0 Å². The van der Waals surface area contributed by atoms with Gasteiger partial charge in [-0.3, -0.25) is 4.79 Å². The molecule has 2 aliphatic rings. The lowest BCUT2D eigenvalue weighted by molar-refractivity contribution is -0.133. The SMILES string of the molecule is O=C(Cn1cnnn1)N(CC1CCCCC1)C1CC1. The Kier molecular flexibility index (Phi) is 3.75. The Morgan fingerprint density at radius 2 is 2.00 bits per heavy atom. The summed E-state index contributed by atoms with van der Waals surface area (Å²) < 4.78 is 1.51. The molecule has 2 saturated carbocycles. The molecule has 0 aliphatic heterocycles. The van der Waals surface area contributed by atoms with Gasteiger partial charge >= 0.3 is 0 Å². The zero-order chi connectivity index (χ0) is 13.1. The van der Waals surface area contributed by atoms with Crippen molar-refractivity contribution in [3.63, 3.8) is 0 Å². The molecule has 1 heterocycles. The molecule has 6 heteroatoms. The number of carbonyl (C=O) groups excluding carboxylic acids is 1. The van der Waals surface area contributed by atoms with Crippen LogP contribution in [0.5, 0.6) is 0 Å². The highest BCUT2D eigenvalue weighted by atomic mass is 16.2. The molecular formula is C13H21N5O. The summed E-state index contributed by atoms with van der Waals surface area (Å²) >= 11 is 0. The number of nitrogens with zero attached hydrogens (tertiary/aromatic N) is 5. The van der Waals surface area contributed by atoms with Crippen molar-refractivity contribution in [1.82, 2.24) is 25.1 Å². The minimum absolute atomic E-state index is 0.167. The fourth-order valence-corrected chi connectivity index (χ4v) is 2.97. The quantitative estimate of drug-likeness (QED) is 0.802. The van der Waals surface area contributed by atoms with Crippen molar-refractivity contribution >= 4 is 5.91 Å². The molecule has 2 fully saturated rings. The van der Waals surface area contributed by atoms with Crippen LogP contribution in [0.2, 0.25) is 0 Å². The number of amides is 1. The second kappa shape index (κ2) is 5.67. The van der Waals surface area contributed by atoms with Crippen LogP contribution < -0.4 is 0 Å². The van der Waals surface area contributed by atoms with Crippen molar-refractivity contribution in [2.45, 2.75) is 57.5 Å². The number of tetrazole rings is 1. The first-order chi connectivity index (χ1) is 9.33. The number of aromatic nitrogens is 4. The maximum atomic E-state index is 12.4. The Labute approximate surface area is 113 Å². The standard InChI is InChI=1S/C13H21N5O/c19-13(9-17-10-14-15-16-17)18(12-6-7-12)8-11-4-2-1-3-5-11/h10-12H,1-9H2. The van der Waals surface area contributed by atoms with E-state index in [2.05, 4.69) is 20.4 Å². The molecule has 0 bridgehead atoms. The largest absolute Gasteiger partial charge is 0.338 e. The summed E-state index contributed by atoms with van der Waals surface area (Å²) in [7, 11) is 0. The molecule has 0 radical (unpaired) electrons. The van der Waals surface area contributed by atoms with E-state index in [0.29, 0.717) is 12.0 Å². The molecule has 1 aromatic heterocycles. The van der Waals surface area contributed by atoms with E-state index in [1.165, 1.54) is 43.1 Å². The molecular weight excluding hydrogens is 242 g/mol. The molecule has 0 N–H and O–H groups in total. The van der Waals surface area contributed by atoms with Gasteiger partial charge in [-0.2, -0.15) is 0 Å². The third kappa shape index (κ3) is 3.30. The molecule has 0 aromatic carbocycles. The molecule has 1 amide bonds. The van der Waals surface area contributed by atoms with E-state index in [1.54, 1.807) is 0 Å². The van der Waals surface area contributed by atoms with Gasteiger partial charge in [0.1, 0.15) is 12.9 Å². The minimum Gasteiger partial charge on any atom is -0.338 e. The smallest absolute Gasteiger partial charge is 0.244 e. The Morgan fingerprint density at radius 3 is 2.63 bits per heavy atom. The van der Waals surface area contributed by atoms with Crippen LogP contribution >= 0.6 is 0 Å². The molecule has 19 heavy (non-hydrogen) atoms. The average Bonchev–Trinajstić information content (AvgIpc) is 3.15. The summed E-state index contributed by atoms with van der Waals surface area (Å²) in [6, 6.07) is 0.478. The molecule has 104 valence electrons. The average molecular weight is 263 g/mol. The van der Waals surface area contributed by atoms with Crippen LogP contribution in [-0.4, -0.2) is 43.6 Å². The lowest BCUT2D eigenvalue weighted by atomic mass is 9.89. The normalized spacial score (nSPS) is 20.4. The van der Waals surface area contributed by atoms with Gasteiger partial charge in [0.2, 0.25) is 5.91 Å². The van der Waals surface area contributed by atoms with Crippen LogP contribution in [0.3, 0.4) is 0 Å². The second-order valence-electron chi connectivity index (χ2n) is 5.79. The van der Waals surface area contributed by atoms with Crippen LogP contribution in [0, 0.1) is 5.92 Å². The number of hydrogen-bond acceptors (Lipinski definition) is 4. The van der Waals surface area contributed by atoms with Gasteiger partial charge in [-0.05, 0) is 42.0 Å². The molecule has 3 rings (SSSR count). The maximum Gasteiger partial charge on any atom is 0.244 e. The summed E-state index contributed by atoms with van der Waals surface area (Å²) in [6.45, 7) is 1.21. The van der Waals surface area contributed by atoms with E-state index in [-0.39, 0.29) is 12.5 Å². The highest BCUT2D eigenvalue weighted by Gasteiger charge is 2.34. The number of carbonyl (C=O) groups is 1. The zero-order valence-corrected chi connectivity index (χ0v) is 11.2. The van der Waals surface area contributed by atoms with Gasteiger partial charge in [-0.1, -0.05) is 19.3 Å². The molecule has 0 spiro atoms. The molecule has 2 aliphatic carbocycles. The fourth-order valence-electron chi connectivity index (χ4n) is 2.97. The third-order valence-electron chi connectivity index (χ3n) is 4.18. The van der Waals surface area contributed by atoms with Gasteiger partial charge in [0.05, 0.1) is 0 Å². The van der Waals surface area contributed by atoms with E-state index in [0.717, 1.165) is 19.4 Å². The first-order valence-electron chi connectivity index (χ1n) is 7.33. The van der Waals surface area contributed by atoms with E-state index in [4.69, 9.17) is 0 Å². The Balaban J connectivity index is 1.58. The van der Waals surface area contributed by atoms with E-state index in [1.807, 2.05) is 0 Å². The lowest BCUT2D eigenvalue weighted by Crippen LogP contribution is -2.39. The van der Waals surface area contributed by atoms with Crippen LogP contribution in [-0.2, 0) is 11.3 Å². The van der Waals surface area contributed by atoms with Crippen molar-refractivity contribution in [2.24, 2.45) is 5.92 Å². The van der Waals surface area contributed by atoms with Gasteiger partial charge in [0.15, 0.2) is 0 Å². The fraction of sp³-hybridized carbons (Fsp3) is 0.846. The van der Waals surface area contributed by atoms with Gasteiger partial charge in [-0.25, -0.2) is 4.68 Å². The second-order valence-corrected chi connectivity index (χ2v) is 5.79. The van der Waals surface area contributed by atoms with Crippen LogP contribution in [0.15, 0.2) is 6.33 Å². The van der Waals surface area contributed by atoms with E-state index < -0.39 is 0 Å². The Hall–Kier alpha value is -1.46. The topological polar surface area (TPSA) is 63.9 Å². The van der Waals surface area contributed by atoms with Gasteiger partial charge < -0.3 is 4.90 Å². The predicted octanol–water partition coefficient (Wildman–Crippen LogP) is 1.24. The van der Waals surface area contributed by atoms with Crippen molar-refractivity contribution in [1.29, 1.82) is 0 Å². The minimum atomic E-state index is 0.167. The highest BCUT2D eigenvalue weighted by molar-refractivity contribution is 5.76. The molecule has 0 atom stereocenters. The maximum absolute atomic E-state index is 12.4. The molecule has 1 aromatic rings. The van der Waals surface area contributed by atoms with Crippen molar-refractivity contribution in [2.75, 3.05) is 6.54 Å². The molecule has 6 nitrogen and oxygen atoms in total. The predicted molar refractivity (Wildman–Crippen MR) is 69.1 cm³/mol. The third-order valence-corrected chi connectivity index (χ3v) is 4.18. The van der Waals surface area contributed by atoms with Crippen LogP contribution in [0.25, 0.3) is 0 Å². The van der Waals surface area contributed by atoms with Gasteiger partial charge in [0, 0.05) is 12.6 Å². The van der Waals surface area contributed by atoms with E-state index in [9.17, 15) is 4.79 Å². The van der Waals surface area contributed by atoms with Crippen molar-refractivity contribution in [3.8, 4) is 0 Å². The number of rotatable bonds is 5. The Morgan fingerprint density at radius 1 is 1.21 bits per heavy atom. The summed E-state index contributed by atoms with van der Waals surface area (Å²) in [4.78, 5) is 14.5. The first kappa shape index (κ1) is 12.6. The summed E-state index contributed by atoms with van der Waals surface area (Å²) in [6.07, 6.45) is 10.4. The molecule has 0 unspecified atom stereocenters. The van der Waals surface area contributed by atoms with Gasteiger partial charge in [0.25, 0.3) is 0 Å². The highest BCUT2D eigenvalue weighted by Crippen LogP contribution is 2.31. The Bertz CT molecular complexity index is 409. The summed E-state index contributed by atoms with van der Waals surface area (Å²) in [5, 5.41) is 10.9.